The van der Waals surface area contributed by atoms with Crippen molar-refractivity contribution in [3.63, 3.8) is 0 Å². The van der Waals surface area contributed by atoms with Crippen LogP contribution in [0.1, 0.15) is 39.0 Å². The molecular weight excluding hydrogens is 272 g/mol. The molecule has 0 atom stereocenters. The molecule has 0 aromatic carbocycles. The Morgan fingerprint density at radius 3 is 2.62 bits per heavy atom. The van der Waals surface area contributed by atoms with Gasteiger partial charge in [0.15, 0.2) is 0 Å². The summed E-state index contributed by atoms with van der Waals surface area (Å²) in [7, 11) is 0. The third-order valence-electron chi connectivity index (χ3n) is 2.49. The van der Waals surface area contributed by atoms with Gasteiger partial charge in [-0.2, -0.15) is 0 Å². The first-order valence-electron chi connectivity index (χ1n) is 6.91. The van der Waals surface area contributed by atoms with E-state index in [1.165, 1.54) is 0 Å². The van der Waals surface area contributed by atoms with Gasteiger partial charge in [-0.05, 0) is 40.7 Å². The van der Waals surface area contributed by atoms with Gasteiger partial charge in [-0.3, -0.25) is 10.2 Å². The van der Waals surface area contributed by atoms with Crippen molar-refractivity contribution in [1.29, 1.82) is 0 Å². The van der Waals surface area contributed by atoms with E-state index in [9.17, 15) is 9.59 Å². The average molecular weight is 296 g/mol. The predicted molar refractivity (Wildman–Crippen MR) is 82.2 cm³/mol. The number of ether oxygens (including phenoxy) is 1. The molecule has 118 valence electrons. The predicted octanol–water partition coefficient (Wildman–Crippen LogP) is 1.64. The van der Waals surface area contributed by atoms with Crippen molar-refractivity contribution in [2.75, 3.05) is 11.9 Å². The topological polar surface area (TPSA) is 95.3 Å². The third-order valence-corrected chi connectivity index (χ3v) is 2.49. The monoisotopic (exact) mass is 296 g/mol. The van der Waals surface area contributed by atoms with Gasteiger partial charge in [0.05, 0.1) is 5.56 Å². The summed E-state index contributed by atoms with van der Waals surface area (Å²) in [5, 5.41) is 3.13. The molecule has 0 unspecified atom stereocenters. The number of amides is 1. The minimum atomic E-state index is -0.587. The third kappa shape index (κ3) is 5.86. The lowest BCUT2D eigenvalue weighted by Crippen LogP contribution is -2.41. The summed E-state index contributed by atoms with van der Waals surface area (Å²) in [6.07, 6.45) is -0.587. The fourth-order valence-electron chi connectivity index (χ4n) is 1.75. The van der Waals surface area contributed by atoms with Gasteiger partial charge in [0.25, 0.3) is 5.56 Å². The molecule has 0 saturated carbocycles. The number of hydrazine groups is 1. The maximum atomic E-state index is 12.0. The Morgan fingerprint density at radius 1 is 1.38 bits per heavy atom. The highest BCUT2D eigenvalue weighted by Crippen LogP contribution is 2.11. The zero-order chi connectivity index (χ0) is 16.0. The summed E-state index contributed by atoms with van der Waals surface area (Å²) in [6, 6.07) is 1.86. The lowest BCUT2D eigenvalue weighted by atomic mass is 10.2. The van der Waals surface area contributed by atoms with Gasteiger partial charge >= 0.3 is 6.09 Å². The van der Waals surface area contributed by atoms with Crippen LogP contribution in [-0.2, 0) is 11.3 Å². The highest BCUT2D eigenvalue weighted by Gasteiger charge is 2.16. The number of aromatic nitrogens is 1. The molecule has 7 nitrogen and oxygen atoms in total. The molecule has 1 rings (SSSR count). The molecule has 4 N–H and O–H groups in total. The molecule has 7 heteroatoms. The Hall–Kier alpha value is -2.02. The van der Waals surface area contributed by atoms with E-state index in [4.69, 9.17) is 4.74 Å². The maximum absolute atomic E-state index is 12.0. The number of anilines is 1. The summed E-state index contributed by atoms with van der Waals surface area (Å²) < 4.78 is 5.09. The molecule has 0 aliphatic heterocycles. The van der Waals surface area contributed by atoms with Gasteiger partial charge in [0, 0.05) is 24.5 Å². The number of carbonyl (C=O) groups is 1. The molecule has 1 aromatic heterocycles. The number of pyridine rings is 1. The number of rotatable bonds is 5. The number of nitrogens with one attached hydrogen (secondary N) is 4. The molecule has 0 bridgehead atoms. The van der Waals surface area contributed by atoms with Crippen LogP contribution in [0, 0.1) is 6.92 Å². The van der Waals surface area contributed by atoms with Crippen molar-refractivity contribution in [3.8, 4) is 0 Å². The van der Waals surface area contributed by atoms with Crippen LogP contribution in [0.3, 0.4) is 0 Å². The molecule has 1 aromatic rings. The largest absolute Gasteiger partial charge is 0.443 e. The summed E-state index contributed by atoms with van der Waals surface area (Å²) >= 11 is 0. The van der Waals surface area contributed by atoms with Crippen LogP contribution < -0.4 is 21.7 Å². The van der Waals surface area contributed by atoms with E-state index in [0.29, 0.717) is 12.1 Å². The molecule has 0 radical (unpaired) electrons. The number of H-pyrrole nitrogens is 1. The van der Waals surface area contributed by atoms with Gasteiger partial charge in [-0.25, -0.2) is 10.2 Å². The summed E-state index contributed by atoms with van der Waals surface area (Å²) in [6.45, 7) is 10.00. The Morgan fingerprint density at radius 2 is 2.05 bits per heavy atom. The normalized spacial score (nSPS) is 11.1. The number of hydrogen-bond acceptors (Lipinski definition) is 5. The molecule has 1 heterocycles. The zero-order valence-electron chi connectivity index (χ0n) is 13.2. The van der Waals surface area contributed by atoms with Crippen LogP contribution in [-0.4, -0.2) is 23.2 Å². The highest BCUT2D eigenvalue weighted by atomic mass is 16.6. The molecule has 0 aliphatic carbocycles. The van der Waals surface area contributed by atoms with Crippen molar-refractivity contribution in [2.24, 2.45) is 0 Å². The summed E-state index contributed by atoms with van der Waals surface area (Å²) in [5.41, 5.74) is 6.40. The first-order valence-corrected chi connectivity index (χ1v) is 6.91. The molecule has 0 saturated heterocycles. The second kappa shape index (κ2) is 7.12. The fraction of sp³-hybridized carbons (Fsp3) is 0.571. The van der Waals surface area contributed by atoms with Crippen molar-refractivity contribution in [2.45, 2.75) is 46.8 Å². The highest BCUT2D eigenvalue weighted by molar-refractivity contribution is 5.67. The lowest BCUT2D eigenvalue weighted by Gasteiger charge is -2.20. The maximum Gasteiger partial charge on any atom is 0.422 e. The summed E-state index contributed by atoms with van der Waals surface area (Å²) in [4.78, 5) is 26.2. The fourth-order valence-corrected chi connectivity index (χ4v) is 1.75. The van der Waals surface area contributed by atoms with Crippen molar-refractivity contribution in [1.82, 2.24) is 15.8 Å². The van der Waals surface area contributed by atoms with Crippen LogP contribution in [0.2, 0.25) is 0 Å². The number of carbonyl (C=O) groups excluding carboxylic acids is 1. The van der Waals surface area contributed by atoms with Crippen LogP contribution in [0.4, 0.5) is 10.5 Å². The van der Waals surface area contributed by atoms with E-state index < -0.39 is 11.7 Å². The smallest absolute Gasteiger partial charge is 0.422 e. The SMILES string of the molecule is CCNc1cc(C)[nH]c(=O)c1CNNC(=O)OC(C)(C)C. The zero-order valence-corrected chi connectivity index (χ0v) is 13.2. The first kappa shape index (κ1) is 17.0. The van der Waals surface area contributed by atoms with Gasteiger partial charge in [-0.15, -0.1) is 0 Å². The standard InChI is InChI=1S/C14H24N4O3/c1-6-15-11-7-9(2)17-12(19)10(11)8-16-18-13(20)21-14(3,4)5/h7,16H,6,8H2,1-5H3,(H,18,20)(H2,15,17,19). The van der Waals surface area contributed by atoms with E-state index in [-0.39, 0.29) is 12.1 Å². The molecule has 1 amide bonds. The van der Waals surface area contributed by atoms with Gasteiger partial charge in [0.1, 0.15) is 5.60 Å². The second-order valence-electron chi connectivity index (χ2n) is 5.68. The quantitative estimate of drug-likeness (QED) is 0.620. The van der Waals surface area contributed by atoms with Gasteiger partial charge < -0.3 is 15.0 Å². The van der Waals surface area contributed by atoms with Crippen molar-refractivity contribution < 1.29 is 9.53 Å². The molecule has 0 aliphatic rings. The second-order valence-corrected chi connectivity index (χ2v) is 5.68. The Balaban J connectivity index is 2.67. The van der Waals surface area contributed by atoms with E-state index in [1.54, 1.807) is 20.8 Å². The number of aromatic amines is 1. The van der Waals surface area contributed by atoms with E-state index >= 15 is 0 Å². The first-order chi connectivity index (χ1) is 9.73. The van der Waals surface area contributed by atoms with Crippen molar-refractivity contribution in [3.05, 3.63) is 27.7 Å². The molecular formula is C14H24N4O3. The number of hydrogen-bond donors (Lipinski definition) is 4. The minimum absolute atomic E-state index is 0.190. The van der Waals surface area contributed by atoms with Gasteiger partial charge in [-0.1, -0.05) is 0 Å². The van der Waals surface area contributed by atoms with E-state index in [0.717, 1.165) is 11.4 Å². The summed E-state index contributed by atoms with van der Waals surface area (Å²) in [5.74, 6) is 0. The van der Waals surface area contributed by atoms with Gasteiger partial charge in [0.2, 0.25) is 0 Å². The van der Waals surface area contributed by atoms with Crippen LogP contribution in [0.5, 0.6) is 0 Å². The number of aryl methyl sites for hydroxylation is 1. The average Bonchev–Trinajstić information content (AvgIpc) is 2.30. The Bertz CT molecular complexity index is 546. The van der Waals surface area contributed by atoms with Crippen LogP contribution in [0.15, 0.2) is 10.9 Å². The van der Waals surface area contributed by atoms with E-state index in [2.05, 4.69) is 21.2 Å². The Kier molecular flexibility index (Phi) is 5.78. The van der Waals surface area contributed by atoms with Crippen LogP contribution in [0.25, 0.3) is 0 Å². The Labute approximate surface area is 124 Å². The minimum Gasteiger partial charge on any atom is -0.443 e. The molecule has 21 heavy (non-hydrogen) atoms. The van der Waals surface area contributed by atoms with Crippen molar-refractivity contribution >= 4 is 11.8 Å². The molecule has 0 spiro atoms. The van der Waals surface area contributed by atoms with E-state index in [1.807, 2.05) is 19.9 Å². The lowest BCUT2D eigenvalue weighted by molar-refractivity contribution is 0.0497. The van der Waals surface area contributed by atoms with Crippen LogP contribution >= 0.6 is 0 Å². The molecule has 0 fully saturated rings.